The van der Waals surface area contributed by atoms with E-state index < -0.39 is 0 Å². The number of nitrogens with zero attached hydrogens (tertiary/aromatic N) is 2. The van der Waals surface area contributed by atoms with Crippen molar-refractivity contribution in [1.29, 1.82) is 0 Å². The average Bonchev–Trinajstić information content (AvgIpc) is 2.37. The number of hydrogen-bond acceptors (Lipinski definition) is 3. The molecule has 0 amide bonds. The van der Waals surface area contributed by atoms with Crippen molar-refractivity contribution in [3.63, 3.8) is 0 Å². The Morgan fingerprint density at radius 2 is 0.867 bits per heavy atom. The molecule has 83 valence electrons. The van der Waals surface area contributed by atoms with Crippen LogP contribution in [0.1, 0.15) is 0 Å². The summed E-state index contributed by atoms with van der Waals surface area (Å²) < 4.78 is 0. The van der Waals surface area contributed by atoms with E-state index in [1.807, 2.05) is 36.4 Å². The number of rotatable bonds is 0. The van der Waals surface area contributed by atoms with Gasteiger partial charge in [-0.1, -0.05) is 24.4 Å². The summed E-state index contributed by atoms with van der Waals surface area (Å²) in [6.45, 7) is 0. The van der Waals surface area contributed by atoms with Crippen molar-refractivity contribution in [3.05, 3.63) is 61.2 Å². The maximum atomic E-state index is 3.83. The minimum atomic E-state index is 0. The fourth-order valence-corrected chi connectivity index (χ4v) is 0.625. The SMILES string of the molecule is C=S.[Cu].c1ccncc1.c1ccncc1. The Morgan fingerprint density at radius 3 is 0.933 bits per heavy atom. The third-order valence-electron chi connectivity index (χ3n) is 1.13. The van der Waals surface area contributed by atoms with Crippen molar-refractivity contribution in [2.75, 3.05) is 0 Å². The van der Waals surface area contributed by atoms with Gasteiger partial charge in [0.2, 0.25) is 0 Å². The molecule has 1 radical (unpaired) electrons. The summed E-state index contributed by atoms with van der Waals surface area (Å²) in [5.41, 5.74) is 0. The molecule has 4 heteroatoms. The molecule has 2 nitrogen and oxygen atoms in total. The molecule has 2 rings (SSSR count). The van der Waals surface area contributed by atoms with Gasteiger partial charge >= 0.3 is 0 Å². The zero-order chi connectivity index (χ0) is 10.5. The van der Waals surface area contributed by atoms with Crippen LogP contribution in [0.5, 0.6) is 0 Å². The molecule has 0 saturated carbocycles. The molecule has 0 N–H and O–H groups in total. The summed E-state index contributed by atoms with van der Waals surface area (Å²) in [5.74, 6) is 2.83. The van der Waals surface area contributed by atoms with Gasteiger partial charge in [-0.05, 0) is 30.1 Å². The van der Waals surface area contributed by atoms with Crippen LogP contribution in [0.4, 0.5) is 0 Å². The maximum Gasteiger partial charge on any atom is 0.0267 e. The van der Waals surface area contributed by atoms with Crippen LogP contribution in [0.3, 0.4) is 0 Å². The molecule has 0 unspecified atom stereocenters. The van der Waals surface area contributed by atoms with Crippen molar-refractivity contribution >= 4 is 18.1 Å². The largest absolute Gasteiger partial charge is 0.265 e. The average molecular weight is 268 g/mol. The van der Waals surface area contributed by atoms with Crippen molar-refractivity contribution in [2.24, 2.45) is 0 Å². The predicted molar refractivity (Wildman–Crippen MR) is 63.2 cm³/mol. The number of thiocarbonyl (C=S) groups is 1. The zero-order valence-electron chi connectivity index (χ0n) is 8.08. The van der Waals surface area contributed by atoms with Crippen LogP contribution in [-0.2, 0) is 17.1 Å². The monoisotopic (exact) mass is 267 g/mol. The van der Waals surface area contributed by atoms with Gasteiger partial charge in [-0.25, -0.2) is 0 Å². The second kappa shape index (κ2) is 15.4. The van der Waals surface area contributed by atoms with Crippen LogP contribution in [0.2, 0.25) is 0 Å². The molecule has 0 spiro atoms. The summed E-state index contributed by atoms with van der Waals surface area (Å²) in [5, 5.41) is 0. The van der Waals surface area contributed by atoms with Gasteiger partial charge < -0.3 is 0 Å². The zero-order valence-corrected chi connectivity index (χ0v) is 9.84. The van der Waals surface area contributed by atoms with E-state index in [0.29, 0.717) is 0 Å². The Kier molecular flexibility index (Phi) is 16.8. The molecule has 0 saturated heterocycles. The smallest absolute Gasteiger partial charge is 0.0267 e. The van der Waals surface area contributed by atoms with Gasteiger partial charge in [-0.15, -0.1) is 0 Å². The van der Waals surface area contributed by atoms with E-state index in [2.05, 4.69) is 28.1 Å². The molecule has 2 heterocycles. The molecule has 0 aliphatic rings. The van der Waals surface area contributed by atoms with Gasteiger partial charge in [-0.2, -0.15) is 0 Å². The van der Waals surface area contributed by atoms with Crippen LogP contribution in [0.15, 0.2) is 61.2 Å². The molecular formula is C11H12CuN2S. The van der Waals surface area contributed by atoms with Gasteiger partial charge in [0, 0.05) is 41.9 Å². The van der Waals surface area contributed by atoms with Gasteiger partial charge in [0.05, 0.1) is 0 Å². The third-order valence-corrected chi connectivity index (χ3v) is 1.13. The van der Waals surface area contributed by atoms with Crippen molar-refractivity contribution < 1.29 is 17.1 Å². The Hall–Kier alpha value is -1.09. The molecule has 2 aromatic rings. The number of hydrogen-bond donors (Lipinski definition) is 0. The summed E-state index contributed by atoms with van der Waals surface area (Å²) in [7, 11) is 0. The van der Waals surface area contributed by atoms with Crippen LogP contribution < -0.4 is 0 Å². The first kappa shape index (κ1) is 16.3. The van der Waals surface area contributed by atoms with E-state index in [1.165, 1.54) is 0 Å². The second-order valence-corrected chi connectivity index (χ2v) is 2.05. The predicted octanol–water partition coefficient (Wildman–Crippen LogP) is 2.78. The van der Waals surface area contributed by atoms with E-state index in [-0.39, 0.29) is 17.1 Å². The number of aromatic nitrogens is 2. The van der Waals surface area contributed by atoms with Crippen LogP contribution >= 0.6 is 12.2 Å². The Morgan fingerprint density at radius 1 is 0.600 bits per heavy atom. The molecule has 15 heavy (non-hydrogen) atoms. The Bertz CT molecular complexity index is 207. The van der Waals surface area contributed by atoms with Crippen LogP contribution in [0, 0.1) is 0 Å². The minimum absolute atomic E-state index is 0. The maximum absolute atomic E-state index is 3.83. The van der Waals surface area contributed by atoms with E-state index >= 15 is 0 Å². The summed E-state index contributed by atoms with van der Waals surface area (Å²) in [4.78, 5) is 7.57. The van der Waals surface area contributed by atoms with Crippen molar-refractivity contribution in [3.8, 4) is 0 Å². The Labute approximate surface area is 106 Å². The molecule has 0 atom stereocenters. The van der Waals surface area contributed by atoms with Gasteiger partial charge in [0.1, 0.15) is 0 Å². The Balaban J connectivity index is 0. The number of pyridine rings is 2. The van der Waals surface area contributed by atoms with Crippen LogP contribution in [-0.4, -0.2) is 15.8 Å². The molecular weight excluding hydrogens is 256 g/mol. The molecule has 0 aromatic carbocycles. The standard InChI is InChI=1S/2C5H5N.CH2S.Cu/c2*1-2-4-6-5-3-1;1-2;/h2*1-5H;1H2;. The quantitative estimate of drug-likeness (QED) is 0.542. The normalized spacial score (nSPS) is 6.67. The first-order valence-electron chi connectivity index (χ1n) is 3.99. The first-order chi connectivity index (χ1) is 7.00. The van der Waals surface area contributed by atoms with Crippen LogP contribution in [0.25, 0.3) is 0 Å². The van der Waals surface area contributed by atoms with Crippen molar-refractivity contribution in [1.82, 2.24) is 9.97 Å². The summed E-state index contributed by atoms with van der Waals surface area (Å²) in [6.07, 6.45) is 7.00. The van der Waals surface area contributed by atoms with E-state index in [1.54, 1.807) is 24.8 Å². The van der Waals surface area contributed by atoms with E-state index in [4.69, 9.17) is 0 Å². The summed E-state index contributed by atoms with van der Waals surface area (Å²) >= 11 is 3.83. The summed E-state index contributed by atoms with van der Waals surface area (Å²) in [6, 6.07) is 11.4. The topological polar surface area (TPSA) is 25.8 Å². The molecule has 0 bridgehead atoms. The third kappa shape index (κ3) is 12.9. The molecule has 0 fully saturated rings. The fraction of sp³-hybridized carbons (Fsp3) is 0. The fourth-order valence-electron chi connectivity index (χ4n) is 0.625. The molecule has 2 aromatic heterocycles. The van der Waals surface area contributed by atoms with E-state index in [0.717, 1.165) is 0 Å². The van der Waals surface area contributed by atoms with Gasteiger partial charge in [0.25, 0.3) is 0 Å². The minimum Gasteiger partial charge on any atom is -0.265 e. The van der Waals surface area contributed by atoms with E-state index in [9.17, 15) is 0 Å². The van der Waals surface area contributed by atoms with Gasteiger partial charge in [-0.3, -0.25) is 9.97 Å². The van der Waals surface area contributed by atoms with Gasteiger partial charge in [0.15, 0.2) is 0 Å². The van der Waals surface area contributed by atoms with Crippen molar-refractivity contribution in [2.45, 2.75) is 0 Å². The first-order valence-corrected chi connectivity index (χ1v) is 4.57. The molecule has 0 aliphatic heterocycles. The molecule has 0 aliphatic carbocycles. The second-order valence-electron chi connectivity index (χ2n) is 2.05.